The molecule has 0 unspecified atom stereocenters. The van der Waals surface area contributed by atoms with Crippen molar-refractivity contribution in [1.82, 2.24) is 10.5 Å². The van der Waals surface area contributed by atoms with Crippen LogP contribution < -0.4 is 5.48 Å². The Bertz CT molecular complexity index is 1300. The summed E-state index contributed by atoms with van der Waals surface area (Å²) in [5, 5.41) is 1.13. The summed E-state index contributed by atoms with van der Waals surface area (Å²) < 4.78 is 5.66. The molecule has 0 bridgehead atoms. The molecule has 1 saturated carbocycles. The first-order valence-corrected chi connectivity index (χ1v) is 13.5. The van der Waals surface area contributed by atoms with Gasteiger partial charge in [-0.3, -0.25) is 19.3 Å². The highest BCUT2D eigenvalue weighted by atomic mass is 16.7. The molecule has 210 valence electrons. The van der Waals surface area contributed by atoms with Gasteiger partial charge in [0.15, 0.2) is 5.54 Å². The van der Waals surface area contributed by atoms with Gasteiger partial charge in [0.25, 0.3) is 5.91 Å². The summed E-state index contributed by atoms with van der Waals surface area (Å²) >= 11 is 0. The highest BCUT2D eigenvalue weighted by Crippen LogP contribution is 2.35. The zero-order valence-electron chi connectivity index (χ0n) is 23.2. The number of ether oxygens (including phenoxy) is 1. The van der Waals surface area contributed by atoms with Crippen molar-refractivity contribution in [3.8, 4) is 11.1 Å². The normalized spacial score (nSPS) is 14.4. The van der Waals surface area contributed by atoms with Crippen LogP contribution in [-0.2, 0) is 37.2 Å². The maximum absolute atomic E-state index is 13.3. The van der Waals surface area contributed by atoms with E-state index in [-0.39, 0.29) is 13.2 Å². The number of rotatable bonds is 11. The SMILES string of the molecule is CC(C)(C)OC(=O)c1cc(CONC(=O)C2(N(C=O)OCc3ccccc3)CCCC2)ccc1-c1ccccc1. The fraction of sp³-hybridized carbons (Fsp3) is 0.344. The average molecular weight is 545 g/mol. The number of benzene rings is 3. The molecular weight excluding hydrogens is 508 g/mol. The third kappa shape index (κ3) is 7.14. The van der Waals surface area contributed by atoms with E-state index in [1.807, 2.05) is 93.6 Å². The van der Waals surface area contributed by atoms with Gasteiger partial charge in [-0.2, -0.15) is 0 Å². The van der Waals surface area contributed by atoms with Gasteiger partial charge in [0.2, 0.25) is 6.41 Å². The Kier molecular flexibility index (Phi) is 9.34. The fourth-order valence-corrected chi connectivity index (χ4v) is 4.81. The Morgan fingerprint density at radius 2 is 1.55 bits per heavy atom. The predicted octanol–water partition coefficient (Wildman–Crippen LogP) is 5.76. The Morgan fingerprint density at radius 1 is 0.900 bits per heavy atom. The van der Waals surface area contributed by atoms with Crippen molar-refractivity contribution >= 4 is 18.3 Å². The van der Waals surface area contributed by atoms with Gasteiger partial charge in [-0.15, -0.1) is 0 Å². The summed E-state index contributed by atoms with van der Waals surface area (Å²) in [7, 11) is 0. The smallest absolute Gasteiger partial charge is 0.339 e. The topological polar surface area (TPSA) is 94.2 Å². The predicted molar refractivity (Wildman–Crippen MR) is 150 cm³/mol. The van der Waals surface area contributed by atoms with Crippen LogP contribution in [0.4, 0.5) is 0 Å². The quantitative estimate of drug-likeness (QED) is 0.187. The van der Waals surface area contributed by atoms with Crippen molar-refractivity contribution in [2.24, 2.45) is 0 Å². The zero-order chi connectivity index (χ0) is 28.6. The molecule has 3 aromatic rings. The molecule has 0 aliphatic heterocycles. The Morgan fingerprint density at radius 3 is 2.17 bits per heavy atom. The molecule has 4 rings (SSSR count). The lowest BCUT2D eigenvalue weighted by Crippen LogP contribution is -2.56. The highest BCUT2D eigenvalue weighted by Gasteiger charge is 2.47. The third-order valence-corrected chi connectivity index (χ3v) is 6.78. The van der Waals surface area contributed by atoms with Gasteiger partial charge < -0.3 is 4.74 Å². The minimum absolute atomic E-state index is 0.0125. The highest BCUT2D eigenvalue weighted by molar-refractivity contribution is 5.97. The van der Waals surface area contributed by atoms with E-state index in [0.29, 0.717) is 30.4 Å². The van der Waals surface area contributed by atoms with Crippen molar-refractivity contribution in [3.63, 3.8) is 0 Å². The maximum Gasteiger partial charge on any atom is 0.339 e. The molecule has 1 fully saturated rings. The van der Waals surface area contributed by atoms with Crippen LogP contribution in [0.15, 0.2) is 78.9 Å². The second kappa shape index (κ2) is 12.9. The van der Waals surface area contributed by atoms with Crippen LogP contribution in [0.5, 0.6) is 0 Å². The largest absolute Gasteiger partial charge is 0.456 e. The maximum atomic E-state index is 13.3. The van der Waals surface area contributed by atoms with E-state index in [2.05, 4.69) is 5.48 Å². The molecule has 0 heterocycles. The van der Waals surface area contributed by atoms with Gasteiger partial charge in [-0.25, -0.2) is 15.3 Å². The number of nitrogens with one attached hydrogen (secondary N) is 1. The van der Waals surface area contributed by atoms with E-state index in [9.17, 15) is 14.4 Å². The van der Waals surface area contributed by atoms with Crippen LogP contribution in [0.25, 0.3) is 11.1 Å². The monoisotopic (exact) mass is 544 g/mol. The van der Waals surface area contributed by atoms with Crippen LogP contribution in [-0.4, -0.2) is 34.5 Å². The van der Waals surface area contributed by atoms with Gasteiger partial charge in [-0.1, -0.05) is 85.6 Å². The molecule has 0 atom stereocenters. The van der Waals surface area contributed by atoms with Crippen molar-refractivity contribution in [2.75, 3.05) is 0 Å². The summed E-state index contributed by atoms with van der Waals surface area (Å²) in [6.07, 6.45) is 3.05. The minimum atomic E-state index is -1.16. The van der Waals surface area contributed by atoms with Crippen molar-refractivity contribution < 1.29 is 28.8 Å². The Balaban J connectivity index is 1.46. The van der Waals surface area contributed by atoms with E-state index in [4.69, 9.17) is 14.4 Å². The summed E-state index contributed by atoms with van der Waals surface area (Å²) in [5.74, 6) is -0.891. The molecule has 40 heavy (non-hydrogen) atoms. The summed E-state index contributed by atoms with van der Waals surface area (Å²) in [5.41, 5.74) is 4.30. The molecule has 0 saturated heterocycles. The van der Waals surface area contributed by atoms with Gasteiger partial charge in [0.1, 0.15) is 12.2 Å². The number of hydrogen-bond donors (Lipinski definition) is 1. The number of hydrogen-bond acceptors (Lipinski definition) is 6. The molecule has 8 heteroatoms. The zero-order valence-corrected chi connectivity index (χ0v) is 23.2. The summed E-state index contributed by atoms with van der Waals surface area (Å²) in [6.45, 7) is 5.64. The van der Waals surface area contributed by atoms with Crippen molar-refractivity contribution in [3.05, 3.63) is 95.6 Å². The van der Waals surface area contributed by atoms with Crippen LogP contribution in [0.2, 0.25) is 0 Å². The van der Waals surface area contributed by atoms with Crippen LogP contribution in [0.1, 0.15) is 67.9 Å². The Labute approximate surface area is 235 Å². The number of esters is 1. The minimum Gasteiger partial charge on any atom is -0.456 e. The second-order valence-corrected chi connectivity index (χ2v) is 10.9. The standard InChI is InChI=1S/C32H36N2O6/c1-31(2,3)40-29(36)28-20-25(16-17-27(28)26-14-8-5-9-15-26)21-38-33-30(37)32(18-10-11-19-32)34(23-35)39-22-24-12-6-4-7-13-24/h4-9,12-17,20,23H,10-11,18-19,21-22H2,1-3H3,(H,33,37). The van der Waals surface area contributed by atoms with E-state index in [1.54, 1.807) is 6.07 Å². The van der Waals surface area contributed by atoms with Crippen molar-refractivity contribution in [1.29, 1.82) is 0 Å². The number of nitrogens with zero attached hydrogens (tertiary/aromatic N) is 1. The lowest BCUT2D eigenvalue weighted by Gasteiger charge is -2.35. The number of carbonyl (C=O) groups excluding carboxylic acids is 3. The first kappa shape index (κ1) is 29.0. The molecule has 1 aliphatic rings. The first-order valence-electron chi connectivity index (χ1n) is 13.5. The number of hydroxylamine groups is 3. The molecule has 0 radical (unpaired) electrons. The third-order valence-electron chi connectivity index (χ3n) is 6.78. The van der Waals surface area contributed by atoms with E-state index in [1.165, 1.54) is 0 Å². The molecule has 8 nitrogen and oxygen atoms in total. The van der Waals surface area contributed by atoms with Gasteiger partial charge in [-0.05, 0) is 61.9 Å². The molecule has 0 spiro atoms. The van der Waals surface area contributed by atoms with Crippen molar-refractivity contribution in [2.45, 2.75) is 70.8 Å². The molecule has 0 aromatic heterocycles. The lowest BCUT2D eigenvalue weighted by atomic mass is 9.96. The van der Waals surface area contributed by atoms with Gasteiger partial charge in [0.05, 0.1) is 12.2 Å². The average Bonchev–Trinajstić information content (AvgIpc) is 3.44. The lowest BCUT2D eigenvalue weighted by molar-refractivity contribution is -0.220. The van der Waals surface area contributed by atoms with Crippen LogP contribution in [0, 0.1) is 0 Å². The summed E-state index contributed by atoms with van der Waals surface area (Å²) in [4.78, 5) is 49.8. The molecule has 1 aliphatic carbocycles. The number of amides is 2. The number of carbonyl (C=O) groups is 3. The van der Waals surface area contributed by atoms with Gasteiger partial charge >= 0.3 is 5.97 Å². The van der Waals surface area contributed by atoms with E-state index < -0.39 is 23.0 Å². The van der Waals surface area contributed by atoms with E-state index >= 15 is 0 Å². The molecule has 3 aromatic carbocycles. The Hall–Kier alpha value is -4.01. The first-order chi connectivity index (χ1) is 19.2. The van der Waals surface area contributed by atoms with Crippen LogP contribution >= 0.6 is 0 Å². The molecular formula is C32H36N2O6. The molecule has 2 amide bonds. The van der Waals surface area contributed by atoms with Gasteiger partial charge in [0, 0.05) is 0 Å². The second-order valence-electron chi connectivity index (χ2n) is 10.9. The van der Waals surface area contributed by atoms with E-state index in [0.717, 1.165) is 34.6 Å². The summed E-state index contributed by atoms with van der Waals surface area (Å²) in [6, 6.07) is 24.4. The van der Waals surface area contributed by atoms with Crippen LogP contribution in [0.3, 0.4) is 0 Å². The fourth-order valence-electron chi connectivity index (χ4n) is 4.81. The molecule has 1 N–H and O–H groups in total.